The maximum absolute atomic E-state index is 11.1. The highest BCUT2D eigenvalue weighted by Crippen LogP contribution is 2.16. The Morgan fingerprint density at radius 2 is 2.12 bits per heavy atom. The fourth-order valence-corrected chi connectivity index (χ4v) is 1.53. The predicted octanol–water partition coefficient (Wildman–Crippen LogP) is 2.84. The molecular formula is C14H18O3. The lowest BCUT2D eigenvalue weighted by Gasteiger charge is -2.12. The summed E-state index contributed by atoms with van der Waals surface area (Å²) in [6.45, 7) is 4.41. The first kappa shape index (κ1) is 13.5. The van der Waals surface area contributed by atoms with Crippen molar-refractivity contribution in [1.82, 2.24) is 0 Å². The standard InChI is InChI=1S/C14H18O3/c1-2-3-7-10-17-11-13(14(15)16)12-8-5-4-6-9-12/h2,4-6,8-9,13H,1,3,7,10-11H2,(H,15,16). The van der Waals surface area contributed by atoms with Gasteiger partial charge < -0.3 is 9.84 Å². The Hall–Kier alpha value is -1.61. The molecule has 1 atom stereocenters. The molecular weight excluding hydrogens is 216 g/mol. The predicted molar refractivity (Wildman–Crippen MR) is 67.1 cm³/mol. The van der Waals surface area contributed by atoms with Crippen LogP contribution in [0.1, 0.15) is 24.3 Å². The number of hydrogen-bond donors (Lipinski definition) is 1. The Balaban J connectivity index is 2.45. The summed E-state index contributed by atoms with van der Waals surface area (Å²) in [5, 5.41) is 9.13. The van der Waals surface area contributed by atoms with Gasteiger partial charge in [-0.1, -0.05) is 36.4 Å². The van der Waals surface area contributed by atoms with Crippen molar-refractivity contribution in [2.45, 2.75) is 18.8 Å². The fourth-order valence-electron chi connectivity index (χ4n) is 1.53. The smallest absolute Gasteiger partial charge is 0.313 e. The van der Waals surface area contributed by atoms with Crippen LogP contribution in [-0.4, -0.2) is 24.3 Å². The van der Waals surface area contributed by atoms with Crippen molar-refractivity contribution < 1.29 is 14.6 Å². The van der Waals surface area contributed by atoms with E-state index in [2.05, 4.69) is 6.58 Å². The van der Waals surface area contributed by atoms with Crippen LogP contribution in [-0.2, 0) is 9.53 Å². The number of allylic oxidation sites excluding steroid dienone is 1. The molecule has 0 radical (unpaired) electrons. The number of hydrogen-bond acceptors (Lipinski definition) is 2. The van der Waals surface area contributed by atoms with E-state index < -0.39 is 11.9 Å². The summed E-state index contributed by atoms with van der Waals surface area (Å²) in [4.78, 5) is 11.1. The largest absolute Gasteiger partial charge is 0.481 e. The zero-order valence-corrected chi connectivity index (χ0v) is 9.84. The van der Waals surface area contributed by atoms with Gasteiger partial charge in [0.15, 0.2) is 0 Å². The van der Waals surface area contributed by atoms with Gasteiger partial charge in [0.25, 0.3) is 0 Å². The van der Waals surface area contributed by atoms with Gasteiger partial charge in [-0.15, -0.1) is 6.58 Å². The molecule has 0 aliphatic carbocycles. The highest BCUT2D eigenvalue weighted by Gasteiger charge is 2.19. The molecule has 1 unspecified atom stereocenters. The van der Waals surface area contributed by atoms with E-state index in [-0.39, 0.29) is 6.61 Å². The van der Waals surface area contributed by atoms with Gasteiger partial charge in [0.1, 0.15) is 5.92 Å². The van der Waals surface area contributed by atoms with Crippen LogP contribution in [0.15, 0.2) is 43.0 Å². The molecule has 0 saturated carbocycles. The van der Waals surface area contributed by atoms with Gasteiger partial charge in [-0.2, -0.15) is 0 Å². The van der Waals surface area contributed by atoms with Gasteiger partial charge in [-0.25, -0.2) is 0 Å². The van der Waals surface area contributed by atoms with Gasteiger partial charge in [-0.05, 0) is 18.4 Å². The summed E-state index contributed by atoms with van der Waals surface area (Å²) in [7, 11) is 0. The van der Waals surface area contributed by atoms with Gasteiger partial charge in [0.2, 0.25) is 0 Å². The molecule has 0 heterocycles. The van der Waals surface area contributed by atoms with E-state index in [1.165, 1.54) is 0 Å². The van der Waals surface area contributed by atoms with E-state index in [1.807, 2.05) is 36.4 Å². The number of unbranched alkanes of at least 4 members (excludes halogenated alkanes) is 1. The Morgan fingerprint density at radius 1 is 1.41 bits per heavy atom. The second-order valence-electron chi connectivity index (χ2n) is 3.81. The van der Waals surface area contributed by atoms with Crippen molar-refractivity contribution in [3.05, 3.63) is 48.6 Å². The summed E-state index contributed by atoms with van der Waals surface area (Å²) in [5.41, 5.74) is 0.781. The number of carbonyl (C=O) groups is 1. The molecule has 0 amide bonds. The lowest BCUT2D eigenvalue weighted by Crippen LogP contribution is -2.18. The number of aliphatic carboxylic acids is 1. The van der Waals surface area contributed by atoms with Gasteiger partial charge >= 0.3 is 5.97 Å². The van der Waals surface area contributed by atoms with Crippen LogP contribution in [0.5, 0.6) is 0 Å². The van der Waals surface area contributed by atoms with Crippen LogP contribution in [0.4, 0.5) is 0 Å². The molecule has 0 spiro atoms. The Bertz CT molecular complexity index is 346. The summed E-state index contributed by atoms with van der Waals surface area (Å²) >= 11 is 0. The molecule has 0 aliphatic heterocycles. The van der Waals surface area contributed by atoms with E-state index in [1.54, 1.807) is 0 Å². The molecule has 0 aliphatic rings. The summed E-state index contributed by atoms with van der Waals surface area (Å²) in [6, 6.07) is 9.16. The second-order valence-corrected chi connectivity index (χ2v) is 3.81. The van der Waals surface area contributed by atoms with E-state index in [4.69, 9.17) is 9.84 Å². The summed E-state index contributed by atoms with van der Waals surface area (Å²) in [5.74, 6) is -1.43. The van der Waals surface area contributed by atoms with Crippen LogP contribution in [0.3, 0.4) is 0 Å². The van der Waals surface area contributed by atoms with Crippen LogP contribution in [0, 0.1) is 0 Å². The first-order valence-electron chi connectivity index (χ1n) is 5.72. The average Bonchev–Trinajstić information content (AvgIpc) is 2.34. The third-order valence-corrected chi connectivity index (χ3v) is 2.48. The lowest BCUT2D eigenvalue weighted by molar-refractivity contribution is -0.140. The maximum atomic E-state index is 11.1. The Labute approximate surface area is 102 Å². The molecule has 1 aromatic rings. The number of benzene rings is 1. The number of carboxylic acids is 1. The molecule has 0 fully saturated rings. The Morgan fingerprint density at radius 3 is 2.71 bits per heavy atom. The quantitative estimate of drug-likeness (QED) is 0.555. The third kappa shape index (κ3) is 4.83. The highest BCUT2D eigenvalue weighted by molar-refractivity contribution is 5.76. The van der Waals surface area contributed by atoms with Crippen LogP contribution in [0.25, 0.3) is 0 Å². The molecule has 17 heavy (non-hydrogen) atoms. The SMILES string of the molecule is C=CCCCOCC(C(=O)O)c1ccccc1. The summed E-state index contributed by atoms with van der Waals surface area (Å²) < 4.78 is 5.38. The second kappa shape index (κ2) is 7.63. The van der Waals surface area contributed by atoms with E-state index >= 15 is 0 Å². The fraction of sp³-hybridized carbons (Fsp3) is 0.357. The lowest BCUT2D eigenvalue weighted by atomic mass is 10.0. The minimum atomic E-state index is -0.847. The molecule has 0 saturated heterocycles. The molecule has 1 rings (SSSR count). The maximum Gasteiger partial charge on any atom is 0.313 e. The van der Waals surface area contributed by atoms with Crippen molar-refractivity contribution in [1.29, 1.82) is 0 Å². The van der Waals surface area contributed by atoms with Crippen molar-refractivity contribution in [3.8, 4) is 0 Å². The minimum Gasteiger partial charge on any atom is -0.481 e. The molecule has 0 aromatic heterocycles. The molecule has 0 bridgehead atoms. The molecule has 1 aromatic carbocycles. The number of ether oxygens (including phenoxy) is 1. The first-order chi connectivity index (χ1) is 8.25. The first-order valence-corrected chi connectivity index (χ1v) is 5.72. The topological polar surface area (TPSA) is 46.5 Å². The third-order valence-electron chi connectivity index (χ3n) is 2.48. The molecule has 1 N–H and O–H groups in total. The van der Waals surface area contributed by atoms with Gasteiger partial charge in [-0.3, -0.25) is 4.79 Å². The average molecular weight is 234 g/mol. The van der Waals surface area contributed by atoms with E-state index in [0.717, 1.165) is 18.4 Å². The van der Waals surface area contributed by atoms with Crippen molar-refractivity contribution in [3.63, 3.8) is 0 Å². The van der Waals surface area contributed by atoms with Crippen LogP contribution < -0.4 is 0 Å². The minimum absolute atomic E-state index is 0.219. The molecule has 3 heteroatoms. The van der Waals surface area contributed by atoms with Crippen molar-refractivity contribution in [2.24, 2.45) is 0 Å². The van der Waals surface area contributed by atoms with Gasteiger partial charge in [0.05, 0.1) is 6.61 Å². The van der Waals surface area contributed by atoms with Crippen molar-refractivity contribution in [2.75, 3.05) is 13.2 Å². The van der Waals surface area contributed by atoms with Gasteiger partial charge in [0, 0.05) is 6.61 Å². The number of rotatable bonds is 8. The van der Waals surface area contributed by atoms with E-state index in [9.17, 15) is 4.79 Å². The zero-order valence-electron chi connectivity index (χ0n) is 9.84. The number of carboxylic acid groups (broad SMARTS) is 1. The highest BCUT2D eigenvalue weighted by atomic mass is 16.5. The monoisotopic (exact) mass is 234 g/mol. The van der Waals surface area contributed by atoms with E-state index in [0.29, 0.717) is 6.61 Å². The van der Waals surface area contributed by atoms with Crippen LogP contribution in [0.2, 0.25) is 0 Å². The summed E-state index contributed by atoms with van der Waals surface area (Å²) in [6.07, 6.45) is 3.60. The molecule has 3 nitrogen and oxygen atoms in total. The van der Waals surface area contributed by atoms with Crippen molar-refractivity contribution >= 4 is 5.97 Å². The zero-order chi connectivity index (χ0) is 12.5. The normalized spacial score (nSPS) is 12.0. The Kier molecular flexibility index (Phi) is 6.04. The van der Waals surface area contributed by atoms with Crippen LogP contribution >= 0.6 is 0 Å². The molecule has 92 valence electrons.